The Balaban J connectivity index is 3.88. The summed E-state index contributed by atoms with van der Waals surface area (Å²) in [5, 5.41) is -0.467. The molecular formula is C11H21ClO2. The van der Waals surface area contributed by atoms with Gasteiger partial charge in [0.05, 0.1) is 0 Å². The van der Waals surface area contributed by atoms with Crippen molar-refractivity contribution in [1.29, 1.82) is 0 Å². The van der Waals surface area contributed by atoms with Gasteiger partial charge in [0.15, 0.2) is 0 Å². The maximum Gasteiger partial charge on any atom is 0.324 e. The normalized spacial score (nSPS) is 14.9. The maximum absolute atomic E-state index is 11.4. The highest BCUT2D eigenvalue weighted by Crippen LogP contribution is 2.12. The average Bonchev–Trinajstić information content (AvgIpc) is 2.17. The first-order valence-corrected chi connectivity index (χ1v) is 5.93. The summed E-state index contributed by atoms with van der Waals surface area (Å²) in [4.78, 5) is 11.4. The molecule has 0 radical (unpaired) electrons. The minimum Gasteiger partial charge on any atom is -0.461 e. The molecule has 0 bridgehead atoms. The van der Waals surface area contributed by atoms with Crippen molar-refractivity contribution in [2.24, 2.45) is 0 Å². The minimum absolute atomic E-state index is 0.0469. The summed E-state index contributed by atoms with van der Waals surface area (Å²) in [6.45, 7) is 6.11. The molecule has 14 heavy (non-hydrogen) atoms. The first-order valence-electron chi connectivity index (χ1n) is 5.50. The Labute approximate surface area is 92.0 Å². The van der Waals surface area contributed by atoms with Crippen LogP contribution in [0.25, 0.3) is 0 Å². The summed E-state index contributed by atoms with van der Waals surface area (Å²) >= 11 is 5.86. The van der Waals surface area contributed by atoms with Crippen molar-refractivity contribution in [1.82, 2.24) is 0 Å². The van der Waals surface area contributed by atoms with Gasteiger partial charge in [0.25, 0.3) is 0 Å². The van der Waals surface area contributed by atoms with E-state index in [4.69, 9.17) is 16.3 Å². The van der Waals surface area contributed by atoms with Gasteiger partial charge >= 0.3 is 5.97 Å². The second-order valence-electron chi connectivity index (χ2n) is 3.51. The predicted octanol–water partition coefficient (Wildman–Crippen LogP) is 3.52. The molecule has 0 fully saturated rings. The highest BCUT2D eigenvalue weighted by molar-refractivity contribution is 6.29. The number of halogens is 1. The van der Waals surface area contributed by atoms with E-state index in [9.17, 15) is 4.79 Å². The van der Waals surface area contributed by atoms with Crippen molar-refractivity contribution in [2.45, 2.75) is 64.4 Å². The van der Waals surface area contributed by atoms with Crippen LogP contribution in [0.5, 0.6) is 0 Å². The van der Waals surface area contributed by atoms with Crippen LogP contribution in [0, 0.1) is 0 Å². The topological polar surface area (TPSA) is 26.3 Å². The van der Waals surface area contributed by atoms with Crippen LogP contribution in [-0.4, -0.2) is 17.5 Å². The molecule has 0 aromatic heterocycles. The van der Waals surface area contributed by atoms with Crippen LogP contribution in [0.15, 0.2) is 0 Å². The molecule has 0 amide bonds. The predicted molar refractivity (Wildman–Crippen MR) is 59.6 cm³/mol. The smallest absolute Gasteiger partial charge is 0.324 e. The lowest BCUT2D eigenvalue weighted by atomic mass is 10.1. The number of ether oxygens (including phenoxy) is 1. The molecular weight excluding hydrogens is 200 g/mol. The van der Waals surface area contributed by atoms with Crippen molar-refractivity contribution in [2.75, 3.05) is 0 Å². The zero-order valence-electron chi connectivity index (χ0n) is 9.38. The van der Waals surface area contributed by atoms with Crippen LogP contribution < -0.4 is 0 Å². The summed E-state index contributed by atoms with van der Waals surface area (Å²) < 4.78 is 5.28. The lowest BCUT2D eigenvalue weighted by molar-refractivity contribution is -0.149. The molecule has 0 N–H and O–H groups in total. The van der Waals surface area contributed by atoms with Crippen LogP contribution in [0.2, 0.25) is 0 Å². The summed E-state index contributed by atoms with van der Waals surface area (Å²) in [6.07, 6.45) is 4.49. The molecule has 0 aromatic carbocycles. The van der Waals surface area contributed by atoms with Crippen LogP contribution in [0.4, 0.5) is 0 Å². The van der Waals surface area contributed by atoms with E-state index in [1.165, 1.54) is 0 Å². The Morgan fingerprint density at radius 2 is 1.79 bits per heavy atom. The van der Waals surface area contributed by atoms with E-state index < -0.39 is 5.38 Å². The lowest BCUT2D eigenvalue weighted by Crippen LogP contribution is -2.24. The molecule has 2 nitrogen and oxygen atoms in total. The molecule has 0 saturated heterocycles. The summed E-state index contributed by atoms with van der Waals surface area (Å²) in [5.41, 5.74) is 0. The van der Waals surface area contributed by atoms with E-state index in [0.717, 1.165) is 25.7 Å². The quantitative estimate of drug-likeness (QED) is 0.485. The Morgan fingerprint density at radius 3 is 2.21 bits per heavy atom. The largest absolute Gasteiger partial charge is 0.461 e. The third-order valence-electron chi connectivity index (χ3n) is 2.15. The Kier molecular flexibility index (Phi) is 7.96. The number of hydrogen-bond acceptors (Lipinski definition) is 2. The van der Waals surface area contributed by atoms with E-state index in [-0.39, 0.29) is 12.1 Å². The van der Waals surface area contributed by atoms with Gasteiger partial charge in [-0.05, 0) is 19.3 Å². The fourth-order valence-corrected chi connectivity index (χ4v) is 1.55. The lowest BCUT2D eigenvalue weighted by Gasteiger charge is -2.17. The zero-order chi connectivity index (χ0) is 11.0. The van der Waals surface area contributed by atoms with E-state index in [0.29, 0.717) is 6.42 Å². The van der Waals surface area contributed by atoms with E-state index in [2.05, 4.69) is 6.92 Å². The van der Waals surface area contributed by atoms with E-state index in [1.807, 2.05) is 13.8 Å². The van der Waals surface area contributed by atoms with E-state index >= 15 is 0 Å². The van der Waals surface area contributed by atoms with Gasteiger partial charge in [0.2, 0.25) is 0 Å². The fraction of sp³-hybridized carbons (Fsp3) is 0.909. The molecule has 84 valence electrons. The number of hydrogen-bond donors (Lipinski definition) is 0. The van der Waals surface area contributed by atoms with Crippen LogP contribution in [0.3, 0.4) is 0 Å². The highest BCUT2D eigenvalue weighted by Gasteiger charge is 2.19. The molecule has 2 unspecified atom stereocenters. The van der Waals surface area contributed by atoms with Crippen LogP contribution >= 0.6 is 11.6 Å². The first kappa shape index (κ1) is 13.8. The van der Waals surface area contributed by atoms with Crippen molar-refractivity contribution in [3.63, 3.8) is 0 Å². The molecule has 0 aliphatic heterocycles. The Hall–Kier alpha value is -0.240. The number of alkyl halides is 1. The van der Waals surface area contributed by atoms with Crippen molar-refractivity contribution in [3.05, 3.63) is 0 Å². The van der Waals surface area contributed by atoms with Crippen molar-refractivity contribution >= 4 is 17.6 Å². The standard InChI is InChI=1S/C11H21ClO2/c1-4-7-9(6-3)14-11(13)10(12)8-5-2/h9-10H,4-8H2,1-3H3. The van der Waals surface area contributed by atoms with Gasteiger partial charge in [0.1, 0.15) is 11.5 Å². The molecule has 0 aliphatic rings. The average molecular weight is 221 g/mol. The van der Waals surface area contributed by atoms with Gasteiger partial charge in [-0.1, -0.05) is 33.6 Å². The highest BCUT2D eigenvalue weighted by atomic mass is 35.5. The summed E-state index contributed by atoms with van der Waals surface area (Å²) in [7, 11) is 0. The van der Waals surface area contributed by atoms with Gasteiger partial charge in [0, 0.05) is 0 Å². The number of carbonyl (C=O) groups is 1. The van der Waals surface area contributed by atoms with Crippen molar-refractivity contribution in [3.8, 4) is 0 Å². The van der Waals surface area contributed by atoms with Gasteiger partial charge in [-0.15, -0.1) is 11.6 Å². The number of rotatable bonds is 7. The monoisotopic (exact) mass is 220 g/mol. The molecule has 0 spiro atoms. The SMILES string of the molecule is CCCC(CC)OC(=O)C(Cl)CCC. The van der Waals surface area contributed by atoms with Gasteiger partial charge in [-0.3, -0.25) is 4.79 Å². The Bertz CT molecular complexity index is 159. The molecule has 0 heterocycles. The number of carbonyl (C=O) groups excluding carboxylic acids is 1. The third kappa shape index (κ3) is 5.48. The molecule has 0 aliphatic carbocycles. The molecule has 0 aromatic rings. The molecule has 0 rings (SSSR count). The molecule has 3 heteroatoms. The zero-order valence-corrected chi connectivity index (χ0v) is 10.1. The van der Waals surface area contributed by atoms with Gasteiger partial charge < -0.3 is 4.74 Å². The van der Waals surface area contributed by atoms with Gasteiger partial charge in [-0.2, -0.15) is 0 Å². The van der Waals surface area contributed by atoms with E-state index in [1.54, 1.807) is 0 Å². The van der Waals surface area contributed by atoms with Gasteiger partial charge in [-0.25, -0.2) is 0 Å². The second kappa shape index (κ2) is 8.10. The molecule has 2 atom stereocenters. The third-order valence-corrected chi connectivity index (χ3v) is 2.54. The first-order chi connectivity index (χ1) is 6.65. The number of esters is 1. The molecule has 0 saturated carbocycles. The minimum atomic E-state index is -0.467. The van der Waals surface area contributed by atoms with Crippen LogP contribution in [-0.2, 0) is 9.53 Å². The fourth-order valence-electron chi connectivity index (χ4n) is 1.28. The van der Waals surface area contributed by atoms with Crippen molar-refractivity contribution < 1.29 is 9.53 Å². The summed E-state index contributed by atoms with van der Waals surface area (Å²) in [5.74, 6) is -0.256. The maximum atomic E-state index is 11.4. The Morgan fingerprint density at radius 1 is 1.21 bits per heavy atom. The summed E-state index contributed by atoms with van der Waals surface area (Å²) in [6, 6.07) is 0. The van der Waals surface area contributed by atoms with Crippen LogP contribution in [0.1, 0.15) is 52.9 Å². The second-order valence-corrected chi connectivity index (χ2v) is 4.04.